The third-order valence-electron chi connectivity index (χ3n) is 4.94. The van der Waals surface area contributed by atoms with Gasteiger partial charge in [-0.05, 0) is 37.7 Å². The summed E-state index contributed by atoms with van der Waals surface area (Å²) in [4.78, 5) is 12.0. The highest BCUT2D eigenvalue weighted by Crippen LogP contribution is 2.68. The molecule has 1 nitrogen and oxygen atoms in total. The van der Waals surface area contributed by atoms with Gasteiger partial charge >= 0.3 is 0 Å². The Balaban J connectivity index is 2.19. The highest BCUT2D eigenvalue weighted by atomic mass is 16.1. The Bertz CT molecular complexity index is 304. The fourth-order valence-electron chi connectivity index (χ4n) is 4.27. The SMILES string of the molecule is C[C@@H]1CC[C@]23C=CC(=O)[C@]12CCC3. The van der Waals surface area contributed by atoms with E-state index in [1.165, 1.54) is 25.7 Å². The molecule has 2 fully saturated rings. The molecule has 3 aliphatic rings. The van der Waals surface area contributed by atoms with Crippen molar-refractivity contribution in [3.63, 3.8) is 0 Å². The van der Waals surface area contributed by atoms with Crippen molar-refractivity contribution in [2.24, 2.45) is 16.7 Å². The van der Waals surface area contributed by atoms with Gasteiger partial charge in [0.05, 0.1) is 0 Å². The van der Waals surface area contributed by atoms with Gasteiger partial charge in [-0.3, -0.25) is 4.79 Å². The number of hydrogen-bond donors (Lipinski definition) is 0. The van der Waals surface area contributed by atoms with Crippen molar-refractivity contribution in [3.8, 4) is 0 Å². The van der Waals surface area contributed by atoms with E-state index in [9.17, 15) is 4.79 Å². The summed E-state index contributed by atoms with van der Waals surface area (Å²) in [6.07, 6.45) is 10.3. The molecular formula is C12H16O. The summed E-state index contributed by atoms with van der Waals surface area (Å²) >= 11 is 0. The van der Waals surface area contributed by atoms with E-state index in [0.29, 0.717) is 17.1 Å². The number of rotatable bonds is 0. The van der Waals surface area contributed by atoms with Crippen molar-refractivity contribution >= 4 is 5.78 Å². The second kappa shape index (κ2) is 2.08. The molecule has 0 unspecified atom stereocenters. The van der Waals surface area contributed by atoms with Gasteiger partial charge in [-0.25, -0.2) is 0 Å². The zero-order chi connectivity index (χ0) is 9.10. The van der Waals surface area contributed by atoms with Crippen LogP contribution in [-0.4, -0.2) is 5.78 Å². The Hall–Kier alpha value is -0.590. The average molecular weight is 176 g/mol. The molecule has 3 rings (SSSR count). The minimum atomic E-state index is 0.0625. The van der Waals surface area contributed by atoms with Gasteiger partial charge in [0, 0.05) is 10.8 Å². The Kier molecular flexibility index (Phi) is 1.24. The van der Waals surface area contributed by atoms with Crippen molar-refractivity contribution in [1.29, 1.82) is 0 Å². The molecule has 0 amide bonds. The van der Waals surface area contributed by atoms with Crippen LogP contribution in [0.4, 0.5) is 0 Å². The highest BCUT2D eigenvalue weighted by molar-refractivity contribution is 5.99. The van der Waals surface area contributed by atoms with E-state index in [0.717, 1.165) is 6.42 Å². The van der Waals surface area contributed by atoms with Crippen LogP contribution >= 0.6 is 0 Å². The van der Waals surface area contributed by atoms with E-state index < -0.39 is 0 Å². The molecule has 0 aromatic rings. The molecule has 0 aromatic heterocycles. The minimum absolute atomic E-state index is 0.0625. The zero-order valence-corrected chi connectivity index (χ0v) is 8.18. The van der Waals surface area contributed by atoms with Crippen LogP contribution in [-0.2, 0) is 4.79 Å². The summed E-state index contributed by atoms with van der Waals surface area (Å²) in [5.74, 6) is 1.06. The van der Waals surface area contributed by atoms with Crippen LogP contribution in [0.1, 0.15) is 39.0 Å². The van der Waals surface area contributed by atoms with Crippen LogP contribution in [0.3, 0.4) is 0 Å². The van der Waals surface area contributed by atoms with E-state index >= 15 is 0 Å². The van der Waals surface area contributed by atoms with E-state index in [-0.39, 0.29) is 5.41 Å². The van der Waals surface area contributed by atoms with Crippen molar-refractivity contribution in [2.45, 2.75) is 39.0 Å². The zero-order valence-electron chi connectivity index (χ0n) is 8.18. The van der Waals surface area contributed by atoms with E-state index in [4.69, 9.17) is 0 Å². The summed E-state index contributed by atoms with van der Waals surface area (Å²) in [5.41, 5.74) is 0.372. The highest BCUT2D eigenvalue weighted by Gasteiger charge is 2.65. The molecule has 2 saturated carbocycles. The molecule has 3 atom stereocenters. The smallest absolute Gasteiger partial charge is 0.162 e. The Morgan fingerprint density at radius 1 is 1.38 bits per heavy atom. The summed E-state index contributed by atoms with van der Waals surface area (Å²) < 4.78 is 0. The third-order valence-corrected chi connectivity index (χ3v) is 4.94. The topological polar surface area (TPSA) is 17.1 Å². The first-order valence-electron chi connectivity index (χ1n) is 5.45. The molecule has 70 valence electrons. The van der Waals surface area contributed by atoms with Gasteiger partial charge in [0.25, 0.3) is 0 Å². The summed E-state index contributed by atoms with van der Waals surface area (Å²) in [7, 11) is 0. The van der Waals surface area contributed by atoms with Crippen LogP contribution in [0.2, 0.25) is 0 Å². The summed E-state index contributed by atoms with van der Waals surface area (Å²) in [6, 6.07) is 0. The lowest BCUT2D eigenvalue weighted by molar-refractivity contribution is -0.127. The molecule has 0 aliphatic heterocycles. The predicted octanol–water partition coefficient (Wildman–Crippen LogP) is 2.71. The molecule has 3 aliphatic carbocycles. The first-order chi connectivity index (χ1) is 6.21. The Morgan fingerprint density at radius 3 is 3.00 bits per heavy atom. The van der Waals surface area contributed by atoms with Gasteiger partial charge in [0.1, 0.15) is 0 Å². The monoisotopic (exact) mass is 176 g/mol. The summed E-state index contributed by atoms with van der Waals surface area (Å²) in [5, 5.41) is 0. The molecule has 0 N–H and O–H groups in total. The van der Waals surface area contributed by atoms with Gasteiger partial charge in [0.2, 0.25) is 0 Å². The molecule has 0 heterocycles. The molecule has 0 aromatic carbocycles. The van der Waals surface area contributed by atoms with Crippen molar-refractivity contribution < 1.29 is 4.79 Å². The fourth-order valence-corrected chi connectivity index (χ4v) is 4.27. The van der Waals surface area contributed by atoms with Crippen molar-refractivity contribution in [3.05, 3.63) is 12.2 Å². The van der Waals surface area contributed by atoms with Crippen LogP contribution in [0.5, 0.6) is 0 Å². The summed E-state index contributed by atoms with van der Waals surface area (Å²) in [6.45, 7) is 2.28. The fraction of sp³-hybridized carbons (Fsp3) is 0.750. The van der Waals surface area contributed by atoms with Crippen LogP contribution in [0.15, 0.2) is 12.2 Å². The molecule has 13 heavy (non-hydrogen) atoms. The maximum absolute atomic E-state index is 12.0. The third kappa shape index (κ3) is 0.619. The number of carbonyl (C=O) groups excluding carboxylic acids is 1. The van der Waals surface area contributed by atoms with Gasteiger partial charge in [-0.1, -0.05) is 19.4 Å². The minimum Gasteiger partial charge on any atom is -0.294 e. The lowest BCUT2D eigenvalue weighted by atomic mass is 9.66. The van der Waals surface area contributed by atoms with Crippen molar-refractivity contribution in [2.75, 3.05) is 0 Å². The Labute approximate surface area is 79.2 Å². The lowest BCUT2D eigenvalue weighted by Gasteiger charge is -2.35. The van der Waals surface area contributed by atoms with Gasteiger partial charge in [0.15, 0.2) is 5.78 Å². The molecule has 0 spiro atoms. The van der Waals surface area contributed by atoms with Crippen LogP contribution in [0.25, 0.3) is 0 Å². The van der Waals surface area contributed by atoms with Gasteiger partial charge in [-0.15, -0.1) is 0 Å². The van der Waals surface area contributed by atoms with Gasteiger partial charge < -0.3 is 0 Å². The maximum atomic E-state index is 12.0. The van der Waals surface area contributed by atoms with Crippen LogP contribution < -0.4 is 0 Å². The molecular weight excluding hydrogens is 160 g/mol. The van der Waals surface area contributed by atoms with E-state index in [1.807, 2.05) is 6.08 Å². The molecule has 0 saturated heterocycles. The first-order valence-corrected chi connectivity index (χ1v) is 5.45. The molecule has 1 heteroatoms. The van der Waals surface area contributed by atoms with Crippen molar-refractivity contribution in [1.82, 2.24) is 0 Å². The number of allylic oxidation sites excluding steroid dienone is 2. The number of ketones is 1. The molecule has 0 radical (unpaired) electrons. The second-order valence-electron chi connectivity index (χ2n) is 5.12. The van der Waals surface area contributed by atoms with E-state index in [2.05, 4.69) is 13.0 Å². The van der Waals surface area contributed by atoms with Gasteiger partial charge in [-0.2, -0.15) is 0 Å². The average Bonchev–Trinajstić information content (AvgIpc) is 2.67. The van der Waals surface area contributed by atoms with E-state index in [1.54, 1.807) is 0 Å². The first kappa shape index (κ1) is 7.78. The van der Waals surface area contributed by atoms with Crippen LogP contribution in [0, 0.1) is 16.7 Å². The number of carbonyl (C=O) groups is 1. The normalized spacial score (nSPS) is 52.7. The largest absolute Gasteiger partial charge is 0.294 e. The number of hydrogen-bond acceptors (Lipinski definition) is 1. The second-order valence-corrected chi connectivity index (χ2v) is 5.12. The standard InChI is InChI=1S/C12H16O/c1-9-3-7-11-5-2-6-12(9,11)10(13)4-8-11/h4,8-9H,2-3,5-7H2,1H3/t9-,11-,12+/m1/s1. The lowest BCUT2D eigenvalue weighted by Crippen LogP contribution is -2.37. The quantitative estimate of drug-likeness (QED) is 0.554. The molecule has 0 bridgehead atoms. The maximum Gasteiger partial charge on any atom is 0.162 e. The predicted molar refractivity (Wildman–Crippen MR) is 51.3 cm³/mol. The Morgan fingerprint density at radius 2 is 2.23 bits per heavy atom.